The highest BCUT2D eigenvalue weighted by molar-refractivity contribution is 5.82. The Hall–Kier alpha value is -2.84. The van der Waals surface area contributed by atoms with Crippen molar-refractivity contribution in [2.45, 2.75) is 19.3 Å². The number of nitrogens with two attached hydrogens (primary N) is 1. The molecule has 0 aliphatic carbocycles. The molecule has 1 amide bonds. The highest BCUT2D eigenvalue weighted by atomic mass is 16.4. The number of aliphatic carboxylic acids is 1. The lowest BCUT2D eigenvalue weighted by atomic mass is 10.2. The molecular weight excluding hydrogens is 278 g/mol. The lowest BCUT2D eigenvalue weighted by Gasteiger charge is -2.02. The van der Waals surface area contributed by atoms with Crippen molar-refractivity contribution in [3.63, 3.8) is 0 Å². The molecule has 21 heavy (non-hydrogen) atoms. The van der Waals surface area contributed by atoms with Crippen LogP contribution in [0, 0.1) is 0 Å². The SMILES string of the molecule is Nc1nc2[nH]c(CC(=O)NCCCC(=O)O)cc2c(=O)[nH]1. The van der Waals surface area contributed by atoms with E-state index in [1.165, 1.54) is 6.07 Å². The zero-order valence-electron chi connectivity index (χ0n) is 11.1. The first kappa shape index (κ1) is 14.6. The minimum absolute atomic E-state index is 0.000905. The van der Waals surface area contributed by atoms with Crippen LogP contribution < -0.4 is 16.6 Å². The molecule has 0 saturated carbocycles. The number of nitrogens with zero attached hydrogens (tertiary/aromatic N) is 1. The maximum Gasteiger partial charge on any atom is 0.303 e. The standard InChI is InChI=1S/C12H15N5O4/c13-12-16-10-7(11(21)17-12)4-6(15-10)5-8(18)14-3-1-2-9(19)20/h4H,1-3,5H2,(H,14,18)(H,19,20)(H4,13,15,16,17,21). The third-order valence-electron chi connectivity index (χ3n) is 2.81. The van der Waals surface area contributed by atoms with E-state index in [9.17, 15) is 14.4 Å². The number of nitrogen functional groups attached to an aromatic ring is 1. The molecule has 2 heterocycles. The summed E-state index contributed by atoms with van der Waals surface area (Å²) in [6, 6.07) is 1.54. The van der Waals surface area contributed by atoms with Gasteiger partial charge in [0.1, 0.15) is 5.65 Å². The van der Waals surface area contributed by atoms with Gasteiger partial charge >= 0.3 is 5.97 Å². The number of aromatic nitrogens is 3. The van der Waals surface area contributed by atoms with E-state index in [0.717, 1.165) is 0 Å². The fourth-order valence-electron chi connectivity index (χ4n) is 1.89. The Bertz CT molecular complexity index is 733. The fourth-order valence-corrected chi connectivity index (χ4v) is 1.89. The number of hydrogen-bond acceptors (Lipinski definition) is 5. The second kappa shape index (κ2) is 6.07. The van der Waals surface area contributed by atoms with Gasteiger partial charge in [0.05, 0.1) is 11.8 Å². The number of carboxylic acids is 1. The number of hydrogen-bond donors (Lipinski definition) is 5. The number of fused-ring (bicyclic) bond motifs is 1. The molecule has 9 nitrogen and oxygen atoms in total. The summed E-state index contributed by atoms with van der Waals surface area (Å²) < 4.78 is 0. The predicted octanol–water partition coefficient (Wildman–Crippen LogP) is -0.643. The molecule has 0 aromatic carbocycles. The average Bonchev–Trinajstić information content (AvgIpc) is 2.77. The minimum atomic E-state index is -0.900. The smallest absolute Gasteiger partial charge is 0.303 e. The average molecular weight is 293 g/mol. The molecule has 0 fully saturated rings. The molecule has 0 spiro atoms. The summed E-state index contributed by atoms with van der Waals surface area (Å²) in [6.07, 6.45) is 0.416. The summed E-state index contributed by atoms with van der Waals surface area (Å²) in [6.45, 7) is 0.289. The largest absolute Gasteiger partial charge is 0.481 e. The Labute approximate surface area is 118 Å². The van der Waals surface area contributed by atoms with Crippen LogP contribution in [0.1, 0.15) is 18.5 Å². The number of carbonyl (C=O) groups excluding carboxylic acids is 1. The van der Waals surface area contributed by atoms with Gasteiger partial charge in [-0.2, -0.15) is 4.98 Å². The van der Waals surface area contributed by atoms with E-state index in [1.807, 2.05) is 0 Å². The molecule has 0 radical (unpaired) electrons. The molecule has 112 valence electrons. The van der Waals surface area contributed by atoms with Gasteiger partial charge in [0.15, 0.2) is 0 Å². The van der Waals surface area contributed by atoms with Crippen LogP contribution in [0.4, 0.5) is 5.95 Å². The first-order valence-corrected chi connectivity index (χ1v) is 6.31. The maximum atomic E-state index is 11.7. The van der Waals surface area contributed by atoms with Crippen LogP contribution >= 0.6 is 0 Å². The lowest BCUT2D eigenvalue weighted by Crippen LogP contribution is -2.26. The van der Waals surface area contributed by atoms with Crippen molar-refractivity contribution in [3.8, 4) is 0 Å². The van der Waals surface area contributed by atoms with Gasteiger partial charge < -0.3 is 21.1 Å². The van der Waals surface area contributed by atoms with Crippen LogP contribution in [0.15, 0.2) is 10.9 Å². The third kappa shape index (κ3) is 3.81. The zero-order valence-corrected chi connectivity index (χ0v) is 11.1. The van der Waals surface area contributed by atoms with Crippen molar-refractivity contribution in [1.29, 1.82) is 0 Å². The fraction of sp³-hybridized carbons (Fsp3) is 0.333. The number of carboxylic acid groups (broad SMARTS) is 1. The van der Waals surface area contributed by atoms with Gasteiger partial charge in [-0.1, -0.05) is 0 Å². The quantitative estimate of drug-likeness (QED) is 0.446. The van der Waals surface area contributed by atoms with E-state index < -0.39 is 5.97 Å². The molecule has 0 atom stereocenters. The predicted molar refractivity (Wildman–Crippen MR) is 74.7 cm³/mol. The van der Waals surface area contributed by atoms with Crippen molar-refractivity contribution < 1.29 is 14.7 Å². The highest BCUT2D eigenvalue weighted by Gasteiger charge is 2.10. The lowest BCUT2D eigenvalue weighted by molar-refractivity contribution is -0.137. The molecular formula is C12H15N5O4. The normalized spacial score (nSPS) is 10.7. The van der Waals surface area contributed by atoms with Crippen molar-refractivity contribution >= 4 is 28.9 Å². The van der Waals surface area contributed by atoms with Gasteiger partial charge in [-0.25, -0.2) is 0 Å². The van der Waals surface area contributed by atoms with Gasteiger partial charge in [0.2, 0.25) is 11.9 Å². The Morgan fingerprint density at radius 1 is 1.38 bits per heavy atom. The van der Waals surface area contributed by atoms with E-state index in [-0.39, 0.29) is 36.8 Å². The molecule has 9 heteroatoms. The topological polar surface area (TPSA) is 154 Å². The molecule has 6 N–H and O–H groups in total. The monoisotopic (exact) mass is 293 g/mol. The Morgan fingerprint density at radius 2 is 2.14 bits per heavy atom. The number of nitrogens with one attached hydrogen (secondary N) is 3. The Kier molecular flexibility index (Phi) is 4.21. The number of anilines is 1. The van der Waals surface area contributed by atoms with E-state index >= 15 is 0 Å². The summed E-state index contributed by atoms with van der Waals surface area (Å²) in [4.78, 5) is 42.8. The molecule has 2 aromatic rings. The van der Waals surface area contributed by atoms with Crippen LogP contribution in [0.2, 0.25) is 0 Å². The van der Waals surface area contributed by atoms with Crippen LogP contribution in [0.5, 0.6) is 0 Å². The van der Waals surface area contributed by atoms with Gasteiger partial charge in [-0.3, -0.25) is 19.4 Å². The Balaban J connectivity index is 1.97. The van der Waals surface area contributed by atoms with Gasteiger partial charge in [-0.15, -0.1) is 0 Å². The highest BCUT2D eigenvalue weighted by Crippen LogP contribution is 2.09. The van der Waals surface area contributed by atoms with Crippen LogP contribution in [-0.4, -0.2) is 38.5 Å². The van der Waals surface area contributed by atoms with Crippen molar-refractivity contribution in [3.05, 3.63) is 22.1 Å². The molecule has 0 aliphatic heterocycles. The summed E-state index contributed by atoms with van der Waals surface area (Å²) in [5, 5.41) is 11.4. The summed E-state index contributed by atoms with van der Waals surface area (Å²) in [5.74, 6) is -1.17. The zero-order chi connectivity index (χ0) is 15.4. The van der Waals surface area contributed by atoms with E-state index in [2.05, 4.69) is 20.3 Å². The molecule has 2 rings (SSSR count). The minimum Gasteiger partial charge on any atom is -0.481 e. The van der Waals surface area contributed by atoms with E-state index in [0.29, 0.717) is 23.1 Å². The van der Waals surface area contributed by atoms with Gasteiger partial charge in [-0.05, 0) is 12.5 Å². The van der Waals surface area contributed by atoms with Gasteiger partial charge in [0.25, 0.3) is 5.56 Å². The van der Waals surface area contributed by atoms with Crippen molar-refractivity contribution in [2.75, 3.05) is 12.3 Å². The van der Waals surface area contributed by atoms with Crippen LogP contribution in [0.25, 0.3) is 11.0 Å². The summed E-state index contributed by atoms with van der Waals surface area (Å²) in [7, 11) is 0. The number of aromatic amines is 2. The number of rotatable bonds is 6. The molecule has 0 saturated heterocycles. The van der Waals surface area contributed by atoms with Gasteiger partial charge in [0, 0.05) is 18.7 Å². The second-order valence-electron chi connectivity index (χ2n) is 4.53. The first-order valence-electron chi connectivity index (χ1n) is 6.31. The second-order valence-corrected chi connectivity index (χ2v) is 4.53. The summed E-state index contributed by atoms with van der Waals surface area (Å²) in [5.41, 5.74) is 5.91. The molecule has 2 aromatic heterocycles. The first-order chi connectivity index (χ1) is 9.95. The Morgan fingerprint density at radius 3 is 2.86 bits per heavy atom. The third-order valence-corrected chi connectivity index (χ3v) is 2.81. The molecule has 0 aliphatic rings. The van der Waals surface area contributed by atoms with E-state index in [4.69, 9.17) is 10.8 Å². The van der Waals surface area contributed by atoms with Crippen LogP contribution in [0.3, 0.4) is 0 Å². The van der Waals surface area contributed by atoms with E-state index in [1.54, 1.807) is 0 Å². The van der Waals surface area contributed by atoms with Crippen molar-refractivity contribution in [2.24, 2.45) is 0 Å². The molecule has 0 bridgehead atoms. The maximum absolute atomic E-state index is 11.7. The number of carbonyl (C=O) groups is 2. The summed E-state index contributed by atoms with van der Waals surface area (Å²) >= 11 is 0. The number of amides is 1. The number of H-pyrrole nitrogens is 2. The van der Waals surface area contributed by atoms with Crippen molar-refractivity contribution in [1.82, 2.24) is 20.3 Å². The molecule has 0 unspecified atom stereocenters. The van der Waals surface area contributed by atoms with Crippen LogP contribution in [-0.2, 0) is 16.0 Å².